The van der Waals surface area contributed by atoms with E-state index in [1.807, 2.05) is 0 Å². The maximum atomic E-state index is 9.83. The maximum Gasteiger partial charge on any atom is 0.0651 e. The zero-order valence-corrected chi connectivity index (χ0v) is 24.9. The fraction of sp³-hybridized carbons (Fsp3) is 0.0213. The van der Waals surface area contributed by atoms with Crippen LogP contribution in [-0.4, -0.2) is 9.13 Å². The third-order valence-corrected chi connectivity index (χ3v) is 7.92. The molecule has 0 saturated carbocycles. The number of benzene rings is 8. The Morgan fingerprint density at radius 3 is 1.57 bits per heavy atom. The molecule has 0 amide bonds. The smallest absolute Gasteiger partial charge is 0.0651 e. The van der Waals surface area contributed by atoms with Crippen molar-refractivity contribution in [2.45, 2.75) is 6.92 Å². The number of aromatic nitrogens is 2. The Kier molecular flexibility index (Phi) is 2.51. The van der Waals surface area contributed by atoms with E-state index in [4.69, 9.17) is 23.3 Å². The van der Waals surface area contributed by atoms with Crippen LogP contribution >= 0.6 is 0 Å². The SMILES string of the molecule is [2H]c1c([2H])c([2H])c(-c2c([2H])c([2H])c(-c3c([2H])c([2H])c([2H])c(-n4c5c([2H])c([2H])c([2H])c([2H])c5c5c6c7c([2H])c([2H])c([2H])c([2H])c7n(-c7c([2H])c([2H])c8c([2H])c([2H])c(C)c([2H])c8c7[2H])c6c([2H])c([2H])c54)c3[2H])c([2H])c2[2H])c([2H])c1[2H]. The monoisotopic (exact) mass is 653 g/mol. The van der Waals surface area contributed by atoms with Crippen molar-refractivity contribution in [1.29, 1.82) is 0 Å². The molecule has 0 N–H and O–H groups in total. The van der Waals surface area contributed by atoms with Crippen molar-refractivity contribution >= 4 is 54.4 Å². The van der Waals surface area contributed by atoms with Gasteiger partial charge in [0.25, 0.3) is 0 Å². The van der Waals surface area contributed by atoms with Gasteiger partial charge in [0.1, 0.15) is 0 Å². The van der Waals surface area contributed by atoms with Gasteiger partial charge in [-0.25, -0.2) is 0 Å². The molecule has 0 spiro atoms. The molecule has 10 rings (SSSR count). The standard InChI is InChI=1S/C47H32N2/c1-31-18-19-35-24-25-39(30-37(35)28-31)49-43-17-8-6-15-41(43)47-45(49)27-26-44-46(47)40-14-5-7-16-42(40)48(44)38-13-9-12-36(29-38)34-22-20-33(21-23-34)32-10-3-2-4-11-32/h2-30H,1H3/i2D,3D,4D,5D,6D,7D,8D,9D,10D,11D,12D,13D,14D,15D,16D,17D,18D,19D,20D,21D,22D,23D,24D,25D,26D,27D,28D,29D,30D. The second-order valence-electron chi connectivity index (χ2n) is 10.8. The molecule has 2 nitrogen and oxygen atoms in total. The van der Waals surface area contributed by atoms with Gasteiger partial charge in [0.15, 0.2) is 0 Å². The van der Waals surface area contributed by atoms with Gasteiger partial charge in [0, 0.05) is 32.9 Å². The normalized spacial score (nSPS) is 20.1. The van der Waals surface area contributed by atoms with E-state index in [9.17, 15) is 16.4 Å². The van der Waals surface area contributed by atoms with Crippen LogP contribution in [0.4, 0.5) is 0 Å². The van der Waals surface area contributed by atoms with Gasteiger partial charge in [0.2, 0.25) is 0 Å². The highest BCUT2D eigenvalue weighted by atomic mass is 15.0. The van der Waals surface area contributed by atoms with E-state index in [1.54, 1.807) is 0 Å². The molecular formula is C47H32N2. The average molecular weight is 654 g/mol. The first-order chi connectivity index (χ1) is 36.3. The van der Waals surface area contributed by atoms with Gasteiger partial charge in [-0.2, -0.15) is 0 Å². The third-order valence-electron chi connectivity index (χ3n) is 7.92. The summed E-state index contributed by atoms with van der Waals surface area (Å²) in [7, 11) is 0. The molecular weight excluding hydrogens is 593 g/mol. The summed E-state index contributed by atoms with van der Waals surface area (Å²) < 4.78 is 263. The highest BCUT2D eigenvalue weighted by Crippen LogP contribution is 2.42. The molecule has 230 valence electrons. The zero-order chi connectivity index (χ0) is 57.7. The van der Waals surface area contributed by atoms with Gasteiger partial charge in [-0.15, -0.1) is 0 Å². The van der Waals surface area contributed by atoms with E-state index in [2.05, 4.69) is 0 Å². The van der Waals surface area contributed by atoms with E-state index >= 15 is 0 Å². The molecule has 0 aliphatic heterocycles. The van der Waals surface area contributed by atoms with Crippen LogP contribution in [0.15, 0.2) is 175 Å². The summed E-state index contributed by atoms with van der Waals surface area (Å²) in [6.45, 7) is 1.31. The Morgan fingerprint density at radius 2 is 0.898 bits per heavy atom. The molecule has 0 fully saturated rings. The third kappa shape index (κ3) is 4.35. The summed E-state index contributed by atoms with van der Waals surface area (Å²) in [5.74, 6) is 0. The lowest BCUT2D eigenvalue weighted by Crippen LogP contribution is -1.95. The van der Waals surface area contributed by atoms with Gasteiger partial charge < -0.3 is 9.13 Å². The quantitative estimate of drug-likeness (QED) is 0.179. The van der Waals surface area contributed by atoms with E-state index < -0.39 is 263 Å². The van der Waals surface area contributed by atoms with Crippen molar-refractivity contribution in [2.75, 3.05) is 0 Å². The minimum Gasteiger partial charge on any atom is -0.309 e. The molecule has 0 aliphatic carbocycles. The van der Waals surface area contributed by atoms with Gasteiger partial charge in [-0.05, 0) is 88.3 Å². The molecule has 0 saturated heterocycles. The molecule has 49 heavy (non-hydrogen) atoms. The predicted octanol–water partition coefficient (Wildman–Crippen LogP) is 12.7. The Bertz CT molecular complexity index is 4490. The first kappa shape index (κ1) is 11.4. The highest BCUT2D eigenvalue weighted by molar-refractivity contribution is 6.29. The van der Waals surface area contributed by atoms with Crippen LogP contribution in [0.1, 0.15) is 45.3 Å². The first-order valence-electron chi connectivity index (χ1n) is 29.1. The van der Waals surface area contributed by atoms with Crippen molar-refractivity contribution in [2.24, 2.45) is 0 Å². The second kappa shape index (κ2) is 10.8. The average Bonchev–Trinajstić information content (AvgIpc) is 4.07. The number of para-hydroxylation sites is 2. The summed E-state index contributed by atoms with van der Waals surface area (Å²) in [6.07, 6.45) is 0. The number of fused-ring (bicyclic) bond motifs is 8. The number of hydrogen-bond donors (Lipinski definition) is 0. The minimum absolute atomic E-state index is 0.102. The van der Waals surface area contributed by atoms with E-state index in [1.165, 1.54) is 6.92 Å². The Hall–Kier alpha value is -6.38. The van der Waals surface area contributed by atoms with Crippen molar-refractivity contribution in [3.05, 3.63) is 181 Å². The number of nitrogens with zero attached hydrogens (tertiary/aromatic N) is 2. The van der Waals surface area contributed by atoms with Crippen LogP contribution in [0.2, 0.25) is 0 Å². The highest BCUT2D eigenvalue weighted by Gasteiger charge is 2.20. The molecule has 0 bridgehead atoms. The fourth-order valence-electron chi connectivity index (χ4n) is 5.86. The molecule has 2 heterocycles. The molecule has 2 aromatic heterocycles. The minimum atomic E-state index is -1.10. The second-order valence-corrected chi connectivity index (χ2v) is 10.8. The van der Waals surface area contributed by atoms with Crippen molar-refractivity contribution in [3.8, 4) is 33.6 Å². The fourth-order valence-corrected chi connectivity index (χ4v) is 5.86. The van der Waals surface area contributed by atoms with E-state index in [0.29, 0.717) is 4.57 Å². The molecule has 0 unspecified atom stereocenters. The van der Waals surface area contributed by atoms with E-state index in [-0.39, 0.29) is 5.56 Å². The summed E-state index contributed by atoms with van der Waals surface area (Å²) in [6, 6.07) is -26.2. The molecule has 0 atom stereocenters. The summed E-state index contributed by atoms with van der Waals surface area (Å²) in [5.41, 5.74) is -7.59. The predicted molar refractivity (Wildman–Crippen MR) is 208 cm³/mol. The molecule has 8 aromatic carbocycles. The molecule has 10 aromatic rings. The first-order valence-corrected chi connectivity index (χ1v) is 14.6. The van der Waals surface area contributed by atoms with Crippen molar-refractivity contribution in [3.63, 3.8) is 0 Å². The zero-order valence-electron chi connectivity index (χ0n) is 53.9. The Morgan fingerprint density at radius 1 is 0.367 bits per heavy atom. The Labute approximate surface area is 325 Å². The van der Waals surface area contributed by atoms with Crippen LogP contribution in [0.3, 0.4) is 0 Å². The maximum absolute atomic E-state index is 9.83. The van der Waals surface area contributed by atoms with Crippen LogP contribution < -0.4 is 0 Å². The van der Waals surface area contributed by atoms with Crippen LogP contribution in [0.5, 0.6) is 0 Å². The summed E-state index contributed by atoms with van der Waals surface area (Å²) in [4.78, 5) is 0. The summed E-state index contributed by atoms with van der Waals surface area (Å²) >= 11 is 0. The van der Waals surface area contributed by atoms with Crippen LogP contribution in [0.25, 0.3) is 88.0 Å². The summed E-state index contributed by atoms with van der Waals surface area (Å²) in [5, 5.41) is -3.03. The lowest BCUT2D eigenvalue weighted by Gasteiger charge is -2.12. The van der Waals surface area contributed by atoms with Gasteiger partial charge in [-0.1, -0.05) is 132 Å². The lowest BCUT2D eigenvalue weighted by molar-refractivity contribution is 1.17. The Balaban J connectivity index is 1.46. The van der Waals surface area contributed by atoms with Crippen molar-refractivity contribution in [1.82, 2.24) is 9.13 Å². The van der Waals surface area contributed by atoms with E-state index in [0.717, 1.165) is 4.57 Å². The number of rotatable bonds is 4. The van der Waals surface area contributed by atoms with Crippen molar-refractivity contribution < 1.29 is 39.8 Å². The van der Waals surface area contributed by atoms with Gasteiger partial charge in [-0.3, -0.25) is 0 Å². The topological polar surface area (TPSA) is 9.86 Å². The van der Waals surface area contributed by atoms with Gasteiger partial charge >= 0.3 is 0 Å². The van der Waals surface area contributed by atoms with Crippen LogP contribution in [0, 0.1) is 6.92 Å². The lowest BCUT2D eigenvalue weighted by atomic mass is 10.00. The molecule has 2 heteroatoms. The molecule has 0 radical (unpaired) electrons. The number of hydrogen-bond acceptors (Lipinski definition) is 0. The molecule has 0 aliphatic rings. The van der Waals surface area contributed by atoms with Crippen LogP contribution in [-0.2, 0) is 0 Å². The van der Waals surface area contributed by atoms with Gasteiger partial charge in [0.05, 0.1) is 61.8 Å². The largest absolute Gasteiger partial charge is 0.309 e.